The first-order valence-corrected chi connectivity index (χ1v) is 10.0. The van der Waals surface area contributed by atoms with Crippen molar-refractivity contribution < 1.29 is 5.11 Å². The van der Waals surface area contributed by atoms with Gasteiger partial charge in [-0.2, -0.15) is 0 Å². The highest BCUT2D eigenvalue weighted by Gasteiger charge is 2.18. The first-order chi connectivity index (χ1) is 11.9. The van der Waals surface area contributed by atoms with Gasteiger partial charge >= 0.3 is 0 Å². The number of rotatable bonds is 8. The highest BCUT2D eigenvalue weighted by atomic mass is 16.3. The summed E-state index contributed by atoms with van der Waals surface area (Å²) in [5.41, 5.74) is 3.09. The van der Waals surface area contributed by atoms with Crippen molar-refractivity contribution in [2.24, 2.45) is 11.8 Å². The van der Waals surface area contributed by atoms with Gasteiger partial charge < -0.3 is 15.3 Å². The SMILES string of the molecule is C[C@H](CNCC1CCN(CCO)CC1)Cc1ccc(C(C)(C)C)cc1. The third-order valence-corrected chi connectivity index (χ3v) is 5.45. The van der Waals surface area contributed by atoms with Gasteiger partial charge in [0.05, 0.1) is 6.61 Å². The molecule has 1 aromatic rings. The predicted octanol–water partition coefficient (Wildman–Crippen LogP) is 3.46. The van der Waals surface area contributed by atoms with Crippen LogP contribution in [0.25, 0.3) is 0 Å². The Balaban J connectivity index is 1.65. The first-order valence-electron chi connectivity index (χ1n) is 10.0. The van der Waals surface area contributed by atoms with E-state index < -0.39 is 0 Å². The van der Waals surface area contributed by atoms with E-state index in [2.05, 4.69) is 62.2 Å². The fourth-order valence-electron chi connectivity index (χ4n) is 3.70. The summed E-state index contributed by atoms with van der Waals surface area (Å²) < 4.78 is 0. The van der Waals surface area contributed by atoms with Gasteiger partial charge in [-0.05, 0) is 73.8 Å². The van der Waals surface area contributed by atoms with Crippen molar-refractivity contribution in [2.75, 3.05) is 39.3 Å². The van der Waals surface area contributed by atoms with Crippen molar-refractivity contribution in [1.82, 2.24) is 10.2 Å². The average Bonchev–Trinajstić information content (AvgIpc) is 2.56. The maximum absolute atomic E-state index is 9.01. The van der Waals surface area contributed by atoms with E-state index in [0.29, 0.717) is 5.92 Å². The Labute approximate surface area is 154 Å². The van der Waals surface area contributed by atoms with Gasteiger partial charge in [0.15, 0.2) is 0 Å². The number of β-amino-alcohol motifs (C(OH)–C–C–N with tert-alkyl or cyclic N) is 1. The van der Waals surface area contributed by atoms with Crippen molar-refractivity contribution in [3.05, 3.63) is 35.4 Å². The Bertz CT molecular complexity index is 484. The molecule has 3 nitrogen and oxygen atoms in total. The Hall–Kier alpha value is -0.900. The van der Waals surface area contributed by atoms with E-state index in [0.717, 1.165) is 45.1 Å². The maximum atomic E-state index is 9.01. The molecule has 1 aliphatic rings. The van der Waals surface area contributed by atoms with Crippen LogP contribution >= 0.6 is 0 Å². The lowest BCUT2D eigenvalue weighted by atomic mass is 9.86. The van der Waals surface area contributed by atoms with Gasteiger partial charge in [0, 0.05) is 6.54 Å². The van der Waals surface area contributed by atoms with Crippen LogP contribution in [0, 0.1) is 11.8 Å². The molecular formula is C22H38N2O. The molecule has 3 heteroatoms. The van der Waals surface area contributed by atoms with Crippen molar-refractivity contribution in [2.45, 2.75) is 52.4 Å². The van der Waals surface area contributed by atoms with E-state index in [-0.39, 0.29) is 12.0 Å². The largest absolute Gasteiger partial charge is 0.395 e. The van der Waals surface area contributed by atoms with E-state index in [1.165, 1.54) is 24.0 Å². The summed E-state index contributed by atoms with van der Waals surface area (Å²) in [5.74, 6) is 1.46. The molecule has 25 heavy (non-hydrogen) atoms. The molecule has 0 amide bonds. The molecule has 0 saturated carbocycles. The fraction of sp³-hybridized carbons (Fsp3) is 0.727. The lowest BCUT2D eigenvalue weighted by Gasteiger charge is -2.31. The lowest BCUT2D eigenvalue weighted by molar-refractivity contribution is 0.146. The molecule has 1 heterocycles. The van der Waals surface area contributed by atoms with Gasteiger partial charge in [0.25, 0.3) is 0 Å². The van der Waals surface area contributed by atoms with Crippen molar-refractivity contribution >= 4 is 0 Å². The number of piperidine rings is 1. The minimum Gasteiger partial charge on any atom is -0.395 e. The molecule has 0 spiro atoms. The van der Waals surface area contributed by atoms with Crippen LogP contribution in [-0.4, -0.2) is 49.3 Å². The van der Waals surface area contributed by atoms with Crippen LogP contribution in [-0.2, 0) is 11.8 Å². The molecule has 2 N–H and O–H groups in total. The quantitative estimate of drug-likeness (QED) is 0.757. The maximum Gasteiger partial charge on any atom is 0.0558 e. The molecule has 1 fully saturated rings. The van der Waals surface area contributed by atoms with Gasteiger partial charge in [0.2, 0.25) is 0 Å². The van der Waals surface area contributed by atoms with Gasteiger partial charge in [-0.25, -0.2) is 0 Å². The number of hydrogen-bond acceptors (Lipinski definition) is 3. The summed E-state index contributed by atoms with van der Waals surface area (Å²) in [6.45, 7) is 14.8. The summed E-state index contributed by atoms with van der Waals surface area (Å²) in [6.07, 6.45) is 3.66. The van der Waals surface area contributed by atoms with Gasteiger partial charge in [-0.15, -0.1) is 0 Å². The zero-order valence-corrected chi connectivity index (χ0v) is 16.7. The number of hydrogen-bond donors (Lipinski definition) is 2. The number of likely N-dealkylation sites (tertiary alicyclic amines) is 1. The van der Waals surface area contributed by atoms with Crippen molar-refractivity contribution in [3.63, 3.8) is 0 Å². The molecular weight excluding hydrogens is 308 g/mol. The second kappa shape index (κ2) is 9.70. The van der Waals surface area contributed by atoms with Crippen molar-refractivity contribution in [1.29, 1.82) is 0 Å². The Kier molecular flexibility index (Phi) is 7.92. The molecule has 142 valence electrons. The van der Waals surface area contributed by atoms with Crippen LogP contribution < -0.4 is 5.32 Å². The summed E-state index contributed by atoms with van der Waals surface area (Å²) in [7, 11) is 0. The summed E-state index contributed by atoms with van der Waals surface area (Å²) in [6, 6.07) is 9.17. The smallest absolute Gasteiger partial charge is 0.0558 e. The third kappa shape index (κ3) is 7.08. The van der Waals surface area contributed by atoms with Crippen LogP contribution in [0.3, 0.4) is 0 Å². The Morgan fingerprint density at radius 2 is 1.80 bits per heavy atom. The third-order valence-electron chi connectivity index (χ3n) is 5.45. The Morgan fingerprint density at radius 3 is 2.36 bits per heavy atom. The molecule has 1 aliphatic heterocycles. The van der Waals surface area contributed by atoms with Crippen LogP contribution in [0.5, 0.6) is 0 Å². The van der Waals surface area contributed by atoms with Crippen LogP contribution in [0.1, 0.15) is 51.7 Å². The number of benzene rings is 1. The molecule has 1 saturated heterocycles. The molecule has 0 unspecified atom stereocenters. The van der Waals surface area contributed by atoms with Crippen molar-refractivity contribution in [3.8, 4) is 0 Å². The lowest BCUT2D eigenvalue weighted by Crippen LogP contribution is -2.39. The van der Waals surface area contributed by atoms with E-state index >= 15 is 0 Å². The number of aliphatic hydroxyl groups excluding tert-OH is 1. The molecule has 0 aromatic heterocycles. The van der Waals surface area contributed by atoms with Gasteiger partial charge in [-0.1, -0.05) is 52.0 Å². The van der Waals surface area contributed by atoms with E-state index in [9.17, 15) is 0 Å². The van der Waals surface area contributed by atoms with Crippen LogP contribution in [0.15, 0.2) is 24.3 Å². The number of aliphatic hydroxyl groups is 1. The normalized spacial score (nSPS) is 18.4. The highest BCUT2D eigenvalue weighted by Crippen LogP contribution is 2.23. The topological polar surface area (TPSA) is 35.5 Å². The van der Waals surface area contributed by atoms with Crippen LogP contribution in [0.4, 0.5) is 0 Å². The predicted molar refractivity (Wildman–Crippen MR) is 107 cm³/mol. The summed E-state index contributed by atoms with van der Waals surface area (Å²) in [4.78, 5) is 2.38. The molecule has 1 atom stereocenters. The highest BCUT2D eigenvalue weighted by molar-refractivity contribution is 5.27. The molecule has 2 rings (SSSR count). The van der Waals surface area contributed by atoms with Gasteiger partial charge in [-0.3, -0.25) is 0 Å². The van der Waals surface area contributed by atoms with E-state index in [1.807, 2.05) is 0 Å². The fourth-order valence-corrected chi connectivity index (χ4v) is 3.70. The Morgan fingerprint density at radius 1 is 1.16 bits per heavy atom. The zero-order valence-electron chi connectivity index (χ0n) is 16.7. The second-order valence-electron chi connectivity index (χ2n) is 8.92. The first kappa shape index (κ1) is 20.4. The number of nitrogens with one attached hydrogen (secondary N) is 1. The van der Waals surface area contributed by atoms with Crippen LogP contribution in [0.2, 0.25) is 0 Å². The molecule has 0 aliphatic carbocycles. The molecule has 0 bridgehead atoms. The summed E-state index contributed by atoms with van der Waals surface area (Å²) >= 11 is 0. The summed E-state index contributed by atoms with van der Waals surface area (Å²) in [5, 5.41) is 12.7. The second-order valence-corrected chi connectivity index (χ2v) is 8.92. The average molecular weight is 347 g/mol. The van der Waals surface area contributed by atoms with Gasteiger partial charge in [0.1, 0.15) is 0 Å². The standard InChI is InChI=1S/C22H38N2O/c1-18(15-19-5-7-21(8-6-19)22(2,3)4)16-23-17-20-9-11-24(12-10-20)13-14-25/h5-8,18,20,23,25H,9-17H2,1-4H3/t18-/m0/s1. The minimum atomic E-state index is 0.235. The van der Waals surface area contributed by atoms with E-state index in [4.69, 9.17) is 5.11 Å². The monoisotopic (exact) mass is 346 g/mol. The van der Waals surface area contributed by atoms with E-state index in [1.54, 1.807) is 0 Å². The molecule has 1 aromatic carbocycles. The zero-order chi connectivity index (χ0) is 18.3. The number of nitrogens with zero attached hydrogens (tertiary/aromatic N) is 1. The molecule has 0 radical (unpaired) electrons. The minimum absolute atomic E-state index is 0.235.